The highest BCUT2D eigenvalue weighted by Gasteiger charge is 2.44. The number of hydrogen-bond donors (Lipinski definition) is 2. The van der Waals surface area contributed by atoms with Crippen LogP contribution < -0.4 is 10.6 Å². The Balaban J connectivity index is 0.831. The first-order valence-electron chi connectivity index (χ1n) is 19.4. The monoisotopic (exact) mass is 750 g/mol. The fourth-order valence-electron chi connectivity index (χ4n) is 8.78. The molecule has 4 aliphatic rings. The van der Waals surface area contributed by atoms with Gasteiger partial charge in [-0.15, -0.1) is 0 Å². The van der Waals surface area contributed by atoms with Gasteiger partial charge < -0.3 is 19.7 Å². The molecule has 1 aliphatic carbocycles. The molecule has 0 spiro atoms. The zero-order chi connectivity index (χ0) is 38.7. The highest BCUT2D eigenvalue weighted by molar-refractivity contribution is 6.05. The van der Waals surface area contributed by atoms with E-state index in [0.29, 0.717) is 49.8 Å². The summed E-state index contributed by atoms with van der Waals surface area (Å²) in [6.07, 6.45) is 6.67. The summed E-state index contributed by atoms with van der Waals surface area (Å²) in [5, 5.41) is 7.36. The third kappa shape index (κ3) is 6.30. The highest BCUT2D eigenvalue weighted by atomic mass is 16.2. The molecular formula is C43H42N8O5. The minimum atomic E-state index is -0.638. The van der Waals surface area contributed by atoms with Crippen molar-refractivity contribution in [2.75, 3.05) is 13.1 Å². The number of aromatic nitrogens is 4. The Hall–Kier alpha value is -6.24. The lowest BCUT2D eigenvalue weighted by Gasteiger charge is -2.29. The highest BCUT2D eigenvalue weighted by Crippen LogP contribution is 2.51. The number of benzene rings is 2. The Kier molecular flexibility index (Phi) is 8.94. The van der Waals surface area contributed by atoms with E-state index in [9.17, 15) is 24.0 Å². The Morgan fingerprint density at radius 1 is 0.964 bits per heavy atom. The van der Waals surface area contributed by atoms with Gasteiger partial charge in [-0.05, 0) is 71.9 Å². The predicted molar refractivity (Wildman–Crippen MR) is 207 cm³/mol. The molecule has 1 unspecified atom stereocenters. The average molecular weight is 751 g/mol. The van der Waals surface area contributed by atoms with Crippen molar-refractivity contribution in [3.05, 3.63) is 101 Å². The van der Waals surface area contributed by atoms with Crippen LogP contribution in [0.3, 0.4) is 0 Å². The van der Waals surface area contributed by atoms with E-state index in [0.717, 1.165) is 81.7 Å². The second kappa shape index (κ2) is 14.1. The standard InChI is InChI=1S/C43H42N8O5/c1-3-38-47-40(37-23-49(24(2)52)16-17-50(37)38)29-8-4-6-25-19-35(46-21-32(25)29)27-10-11-34(45-20-27)41(54)44-15-14-26-18-31(26)28-7-5-9-30-33(28)22-51(43(30)56)36-12-13-39(53)48-42(36)55/h4-11,19-21,26,31,36H,3,12-18,22-23H2,1-2H3,(H,44,54)(H,48,53,55)/t26-,31-,36?/m0/s1. The van der Waals surface area contributed by atoms with E-state index in [1.54, 1.807) is 24.1 Å². The summed E-state index contributed by atoms with van der Waals surface area (Å²) >= 11 is 0. The van der Waals surface area contributed by atoms with Gasteiger partial charge in [0.2, 0.25) is 17.7 Å². The van der Waals surface area contributed by atoms with Gasteiger partial charge in [0.1, 0.15) is 17.6 Å². The SMILES string of the molecule is CCc1nc(-c2cccc3cc(-c4ccc(C(=O)NCC[C@H]5C[C@@H]5c5cccc6c5CN(C5CCC(=O)NC5=O)C6=O)nc4)ncc23)c2n1CCN(C(C)=O)C2. The Labute approximate surface area is 323 Å². The van der Waals surface area contributed by atoms with Gasteiger partial charge in [0.05, 0.1) is 23.6 Å². The molecule has 2 fully saturated rings. The van der Waals surface area contributed by atoms with Gasteiger partial charge in [0.25, 0.3) is 11.8 Å². The molecule has 5 amide bonds. The normalized spacial score (nSPS) is 20.2. The predicted octanol–water partition coefficient (Wildman–Crippen LogP) is 4.77. The molecular weight excluding hydrogens is 709 g/mol. The van der Waals surface area contributed by atoms with Crippen LogP contribution in [0.5, 0.6) is 0 Å². The maximum atomic E-state index is 13.3. The van der Waals surface area contributed by atoms with E-state index < -0.39 is 11.9 Å². The number of piperidine rings is 1. The summed E-state index contributed by atoms with van der Waals surface area (Å²) in [4.78, 5) is 80.5. The average Bonchev–Trinajstić information content (AvgIpc) is 3.77. The zero-order valence-corrected chi connectivity index (χ0v) is 31.4. The fourth-order valence-corrected chi connectivity index (χ4v) is 8.78. The number of pyridine rings is 2. The van der Waals surface area contributed by atoms with E-state index >= 15 is 0 Å². The summed E-state index contributed by atoms with van der Waals surface area (Å²) in [7, 11) is 0. The number of imidazole rings is 1. The second-order valence-corrected chi connectivity index (χ2v) is 15.2. The van der Waals surface area contributed by atoms with E-state index in [4.69, 9.17) is 9.97 Å². The number of amides is 5. The molecule has 3 aromatic heterocycles. The second-order valence-electron chi connectivity index (χ2n) is 15.2. The molecule has 2 N–H and O–H groups in total. The molecule has 1 saturated carbocycles. The van der Waals surface area contributed by atoms with Gasteiger partial charge in [-0.3, -0.25) is 39.3 Å². The molecule has 0 radical (unpaired) electrons. The largest absolute Gasteiger partial charge is 0.351 e. The first-order valence-corrected chi connectivity index (χ1v) is 19.4. The van der Waals surface area contributed by atoms with Gasteiger partial charge in [0, 0.05) is 80.4 Å². The minimum Gasteiger partial charge on any atom is -0.351 e. The van der Waals surface area contributed by atoms with Crippen LogP contribution in [-0.4, -0.2) is 78.0 Å². The summed E-state index contributed by atoms with van der Waals surface area (Å²) in [5.41, 5.74) is 7.51. The fraction of sp³-hybridized carbons (Fsp3) is 0.349. The zero-order valence-electron chi connectivity index (χ0n) is 31.4. The van der Waals surface area contributed by atoms with Crippen molar-refractivity contribution in [2.45, 2.75) is 77.5 Å². The molecule has 13 nitrogen and oxygen atoms in total. The number of nitrogens with one attached hydrogen (secondary N) is 2. The maximum Gasteiger partial charge on any atom is 0.269 e. The van der Waals surface area contributed by atoms with Gasteiger partial charge in [-0.1, -0.05) is 37.3 Å². The van der Waals surface area contributed by atoms with Crippen LogP contribution in [0.4, 0.5) is 0 Å². The van der Waals surface area contributed by atoms with Crippen LogP contribution in [0.1, 0.15) is 88.9 Å². The van der Waals surface area contributed by atoms with Crippen LogP contribution in [0, 0.1) is 5.92 Å². The van der Waals surface area contributed by atoms with Crippen molar-refractivity contribution in [2.24, 2.45) is 5.92 Å². The van der Waals surface area contributed by atoms with Crippen LogP contribution in [0.15, 0.2) is 67.0 Å². The molecule has 0 bridgehead atoms. The number of nitrogens with zero attached hydrogens (tertiary/aromatic N) is 6. The van der Waals surface area contributed by atoms with Crippen LogP contribution in [0.2, 0.25) is 0 Å². The molecule has 3 atom stereocenters. The third-order valence-corrected chi connectivity index (χ3v) is 11.9. The number of carbonyl (C=O) groups excluding carboxylic acids is 5. The van der Waals surface area contributed by atoms with Crippen molar-refractivity contribution in [3.8, 4) is 22.5 Å². The first kappa shape index (κ1) is 35.5. The van der Waals surface area contributed by atoms with Crippen LogP contribution >= 0.6 is 0 Å². The summed E-state index contributed by atoms with van der Waals surface area (Å²) in [6, 6.07) is 16.9. The number of fused-ring (bicyclic) bond motifs is 3. The number of aryl methyl sites for hydroxylation is 1. The lowest BCUT2D eigenvalue weighted by molar-refractivity contribution is -0.137. The number of carbonyl (C=O) groups is 5. The number of hydrogen-bond acceptors (Lipinski definition) is 8. The number of rotatable bonds is 9. The molecule has 56 heavy (non-hydrogen) atoms. The third-order valence-electron chi connectivity index (χ3n) is 11.9. The van der Waals surface area contributed by atoms with Gasteiger partial charge in [0.15, 0.2) is 0 Å². The Morgan fingerprint density at radius 2 is 1.80 bits per heavy atom. The molecule has 1 saturated heterocycles. The molecule has 9 rings (SSSR count). The van der Waals surface area contributed by atoms with Gasteiger partial charge in [-0.25, -0.2) is 4.98 Å². The summed E-state index contributed by atoms with van der Waals surface area (Å²) < 4.78 is 2.25. The molecule has 3 aliphatic heterocycles. The van der Waals surface area contributed by atoms with Crippen molar-refractivity contribution in [1.29, 1.82) is 0 Å². The van der Waals surface area contributed by atoms with E-state index in [1.165, 1.54) is 0 Å². The van der Waals surface area contributed by atoms with Crippen LogP contribution in [0.25, 0.3) is 33.3 Å². The Bertz CT molecular complexity index is 2460. The number of imide groups is 1. The Morgan fingerprint density at radius 3 is 2.59 bits per heavy atom. The topological polar surface area (TPSA) is 159 Å². The quantitative estimate of drug-likeness (QED) is 0.204. The van der Waals surface area contributed by atoms with E-state index in [-0.39, 0.29) is 36.0 Å². The lowest BCUT2D eigenvalue weighted by Crippen LogP contribution is -2.52. The summed E-state index contributed by atoms with van der Waals surface area (Å²) in [6.45, 7) is 6.52. The van der Waals surface area contributed by atoms with Crippen molar-refractivity contribution < 1.29 is 24.0 Å². The lowest BCUT2D eigenvalue weighted by atomic mass is 9.98. The molecule has 13 heteroatoms. The summed E-state index contributed by atoms with van der Waals surface area (Å²) in [5.74, 6) is 0.623. The van der Waals surface area contributed by atoms with E-state index in [2.05, 4.69) is 45.3 Å². The van der Waals surface area contributed by atoms with Crippen molar-refractivity contribution in [1.82, 2.24) is 40.0 Å². The maximum absolute atomic E-state index is 13.3. The van der Waals surface area contributed by atoms with Crippen LogP contribution in [-0.2, 0) is 40.4 Å². The first-order chi connectivity index (χ1) is 27.2. The van der Waals surface area contributed by atoms with Crippen molar-refractivity contribution in [3.63, 3.8) is 0 Å². The molecule has 2 aromatic carbocycles. The molecule has 5 aromatic rings. The van der Waals surface area contributed by atoms with E-state index in [1.807, 2.05) is 41.4 Å². The molecule has 6 heterocycles. The van der Waals surface area contributed by atoms with Gasteiger partial charge >= 0.3 is 0 Å². The smallest absolute Gasteiger partial charge is 0.269 e. The van der Waals surface area contributed by atoms with Gasteiger partial charge in [-0.2, -0.15) is 0 Å². The minimum absolute atomic E-state index is 0.0602. The van der Waals surface area contributed by atoms with Crippen molar-refractivity contribution >= 4 is 40.3 Å². The molecule has 284 valence electrons.